The van der Waals surface area contributed by atoms with Crippen molar-refractivity contribution in [3.63, 3.8) is 0 Å². The van der Waals surface area contributed by atoms with E-state index in [0.717, 1.165) is 12.0 Å². The number of H-pyrrole nitrogens is 1. The van der Waals surface area contributed by atoms with E-state index >= 15 is 0 Å². The predicted octanol–water partition coefficient (Wildman–Crippen LogP) is 3.52. The molecule has 0 saturated carbocycles. The molecule has 0 aliphatic carbocycles. The van der Waals surface area contributed by atoms with E-state index < -0.39 is 17.7 Å². The lowest BCUT2D eigenvalue weighted by Gasteiger charge is -2.33. The largest absolute Gasteiger partial charge is 0.481 e. The molecule has 0 radical (unpaired) electrons. The van der Waals surface area contributed by atoms with Crippen LogP contribution in [0, 0.1) is 11.2 Å². The van der Waals surface area contributed by atoms with Crippen LogP contribution in [0.2, 0.25) is 0 Å². The van der Waals surface area contributed by atoms with Gasteiger partial charge >= 0.3 is 5.97 Å². The number of imidazole rings is 1. The summed E-state index contributed by atoms with van der Waals surface area (Å²) in [5, 5.41) is 12.6. The summed E-state index contributed by atoms with van der Waals surface area (Å²) in [6.45, 7) is 1.97. The van der Waals surface area contributed by atoms with Gasteiger partial charge in [-0.2, -0.15) is 0 Å². The van der Waals surface area contributed by atoms with E-state index in [-0.39, 0.29) is 19.0 Å². The summed E-state index contributed by atoms with van der Waals surface area (Å²) in [6, 6.07) is 11.4. The molecule has 1 amide bonds. The van der Waals surface area contributed by atoms with Crippen molar-refractivity contribution in [1.82, 2.24) is 29.8 Å². The van der Waals surface area contributed by atoms with E-state index in [1.165, 1.54) is 17.0 Å². The Labute approximate surface area is 235 Å². The zero-order chi connectivity index (χ0) is 29.4. The van der Waals surface area contributed by atoms with E-state index in [1.807, 2.05) is 12.1 Å². The lowest BCUT2D eigenvalue weighted by Crippen LogP contribution is -2.42. The Morgan fingerprint density at radius 1 is 1.17 bits per heavy atom. The van der Waals surface area contributed by atoms with Gasteiger partial charge in [-0.05, 0) is 48.9 Å². The third-order valence-corrected chi connectivity index (χ3v) is 5.98. The number of hydrogen-bond donors (Lipinski definition) is 3. The maximum Gasteiger partial charge on any atom is 0.314 e. The molecule has 3 aromatic heterocycles. The Bertz CT molecular complexity index is 1460. The number of rotatable bonds is 8. The summed E-state index contributed by atoms with van der Waals surface area (Å²) in [5.74, 6) is -0.618. The molecule has 0 atom stereocenters. The number of pyridine rings is 1. The quantitative estimate of drug-likeness (QED) is 0.271. The van der Waals surface area contributed by atoms with Crippen LogP contribution in [-0.2, 0) is 25.6 Å². The van der Waals surface area contributed by atoms with Gasteiger partial charge < -0.3 is 29.8 Å². The highest BCUT2D eigenvalue weighted by Gasteiger charge is 2.41. The Kier molecular flexibility index (Phi) is 9.32. The molecule has 1 aliphatic rings. The van der Waals surface area contributed by atoms with Gasteiger partial charge in [0.05, 0.1) is 30.3 Å². The normalized spacial score (nSPS) is 18.1. The number of ether oxygens (including phenoxy) is 2. The molecule has 3 N–H and O–H groups in total. The van der Waals surface area contributed by atoms with Gasteiger partial charge in [0.1, 0.15) is 11.2 Å². The second-order valence-electron chi connectivity index (χ2n) is 9.72. The highest BCUT2D eigenvalue weighted by atomic mass is 19.1. The molecule has 0 bridgehead atoms. The van der Waals surface area contributed by atoms with E-state index in [9.17, 15) is 19.1 Å². The number of carboxylic acids is 1. The van der Waals surface area contributed by atoms with Crippen molar-refractivity contribution in [3.8, 4) is 22.6 Å². The van der Waals surface area contributed by atoms with E-state index in [4.69, 9.17) is 9.47 Å². The van der Waals surface area contributed by atoms with Gasteiger partial charge in [-0.15, -0.1) is 0 Å². The topological polar surface area (TPSA) is 155 Å². The molecule has 5 rings (SSSR count). The number of carbonyl (C=O) groups is 2. The molecule has 1 aromatic carbocycles. The van der Waals surface area contributed by atoms with Crippen molar-refractivity contribution in [3.05, 3.63) is 78.3 Å². The Hall–Kier alpha value is -4.75. The van der Waals surface area contributed by atoms with Gasteiger partial charge in [-0.3, -0.25) is 14.6 Å². The summed E-state index contributed by atoms with van der Waals surface area (Å²) in [4.78, 5) is 43.3. The number of amides is 1. The number of nitrogens with one attached hydrogen (secondary N) is 2. The zero-order valence-electron chi connectivity index (χ0n) is 22.7. The second-order valence-corrected chi connectivity index (χ2v) is 9.72. The first kappa shape index (κ1) is 29.2. The van der Waals surface area contributed by atoms with Crippen LogP contribution in [-0.4, -0.2) is 74.6 Å². The van der Waals surface area contributed by atoms with E-state index in [1.54, 1.807) is 57.8 Å². The first-order valence-electron chi connectivity index (χ1n) is 12.6. The molecule has 0 unspecified atom stereocenters. The SMILES string of the molecule is CC1(C(=O)O)COC(c2nc(-c3ccc(F)cc3)c(-c3ccnc(NCc4cccnc4)n3)[nH]2)OC1.CN(C)C=O. The minimum Gasteiger partial charge on any atom is -0.481 e. The molecule has 0 spiro atoms. The number of anilines is 1. The maximum atomic E-state index is 13.6. The zero-order valence-corrected chi connectivity index (χ0v) is 22.7. The van der Waals surface area contributed by atoms with E-state index in [2.05, 4.69) is 30.2 Å². The van der Waals surface area contributed by atoms with Crippen LogP contribution in [0.5, 0.6) is 0 Å². The highest BCUT2D eigenvalue weighted by Crippen LogP contribution is 2.35. The molecule has 1 fully saturated rings. The summed E-state index contributed by atoms with van der Waals surface area (Å²) in [7, 11) is 3.38. The molecule has 13 heteroatoms. The van der Waals surface area contributed by atoms with Gasteiger partial charge in [0.2, 0.25) is 18.6 Å². The highest BCUT2D eigenvalue weighted by molar-refractivity contribution is 5.77. The Balaban J connectivity index is 0.000000714. The van der Waals surface area contributed by atoms with Crippen molar-refractivity contribution in [2.24, 2.45) is 5.41 Å². The minimum absolute atomic E-state index is 0.0369. The number of carboxylic acid groups (broad SMARTS) is 1. The summed E-state index contributed by atoms with van der Waals surface area (Å²) in [5.41, 5.74) is 2.10. The lowest BCUT2D eigenvalue weighted by molar-refractivity contribution is -0.236. The van der Waals surface area contributed by atoms with Crippen LogP contribution in [0.25, 0.3) is 22.6 Å². The van der Waals surface area contributed by atoms with Crippen LogP contribution < -0.4 is 5.32 Å². The monoisotopic (exact) mass is 563 g/mol. The minimum atomic E-state index is -1.15. The van der Waals surface area contributed by atoms with Gasteiger partial charge in [-0.1, -0.05) is 6.07 Å². The number of benzene rings is 1. The number of aromatic nitrogens is 5. The maximum absolute atomic E-state index is 13.6. The van der Waals surface area contributed by atoms with Crippen LogP contribution in [0.15, 0.2) is 61.1 Å². The average Bonchev–Trinajstić information content (AvgIpc) is 3.43. The first-order valence-corrected chi connectivity index (χ1v) is 12.6. The standard InChI is InChI=1S/C25H23FN6O4.C3H7NO/c1-25(23(33)34)13-35-22(36-14-25)21-31-19(16-4-6-17(26)7-5-16)20(32-21)18-8-10-28-24(30-18)29-12-15-3-2-9-27-11-15;1-4(2)3-5/h2-11,22H,12-14H2,1H3,(H,31,32)(H,33,34)(H,28,29,30);3H,1-2H3. The van der Waals surface area contributed by atoms with E-state index in [0.29, 0.717) is 41.0 Å². The summed E-state index contributed by atoms with van der Waals surface area (Å²) >= 11 is 0. The molecule has 1 saturated heterocycles. The summed E-state index contributed by atoms with van der Waals surface area (Å²) in [6.07, 6.45) is 4.93. The van der Waals surface area contributed by atoms with Crippen LogP contribution in [0.4, 0.5) is 10.3 Å². The fraction of sp³-hybridized carbons (Fsp3) is 0.286. The van der Waals surface area contributed by atoms with Crippen LogP contribution in [0.3, 0.4) is 0 Å². The number of carbonyl (C=O) groups excluding carboxylic acids is 1. The molecule has 1 aliphatic heterocycles. The molecule has 12 nitrogen and oxygen atoms in total. The Morgan fingerprint density at radius 2 is 1.88 bits per heavy atom. The average molecular weight is 564 g/mol. The molecule has 214 valence electrons. The smallest absolute Gasteiger partial charge is 0.314 e. The van der Waals surface area contributed by atoms with Gasteiger partial charge in [0.25, 0.3) is 0 Å². The summed E-state index contributed by atoms with van der Waals surface area (Å²) < 4.78 is 25.0. The number of aliphatic carboxylic acids is 1. The molecular weight excluding hydrogens is 533 g/mol. The number of hydrogen-bond acceptors (Lipinski definition) is 9. The molecular formula is C28H30FN7O5. The Morgan fingerprint density at radius 3 is 2.49 bits per heavy atom. The number of nitrogens with zero attached hydrogens (tertiary/aromatic N) is 5. The number of aromatic amines is 1. The van der Waals surface area contributed by atoms with Crippen molar-refractivity contribution in [1.29, 1.82) is 0 Å². The lowest BCUT2D eigenvalue weighted by atomic mass is 9.92. The molecule has 41 heavy (non-hydrogen) atoms. The first-order chi connectivity index (χ1) is 19.7. The van der Waals surface area contributed by atoms with Gasteiger partial charge in [0.15, 0.2) is 5.82 Å². The van der Waals surface area contributed by atoms with Crippen molar-refractivity contribution >= 4 is 18.3 Å². The van der Waals surface area contributed by atoms with Crippen LogP contribution in [0.1, 0.15) is 24.6 Å². The van der Waals surface area contributed by atoms with Crippen molar-refractivity contribution in [2.75, 3.05) is 32.6 Å². The fourth-order valence-electron chi connectivity index (χ4n) is 3.66. The van der Waals surface area contributed by atoms with Crippen LogP contribution >= 0.6 is 0 Å². The van der Waals surface area contributed by atoms with Gasteiger partial charge in [0, 0.05) is 44.8 Å². The van der Waals surface area contributed by atoms with Crippen molar-refractivity contribution in [2.45, 2.75) is 19.8 Å². The predicted molar refractivity (Wildman–Crippen MR) is 147 cm³/mol. The number of halogens is 1. The fourth-order valence-corrected chi connectivity index (χ4v) is 3.66. The van der Waals surface area contributed by atoms with Gasteiger partial charge in [-0.25, -0.2) is 19.3 Å². The van der Waals surface area contributed by atoms with Crippen molar-refractivity contribution < 1.29 is 28.6 Å². The molecule has 4 heterocycles. The molecule has 4 aromatic rings. The third kappa shape index (κ3) is 7.47. The third-order valence-electron chi connectivity index (χ3n) is 5.98. The second kappa shape index (κ2) is 13.1.